The van der Waals surface area contributed by atoms with Gasteiger partial charge in [-0.25, -0.2) is 8.42 Å². The molecule has 8 nitrogen and oxygen atoms in total. The van der Waals surface area contributed by atoms with Crippen molar-refractivity contribution in [2.75, 3.05) is 11.6 Å². The summed E-state index contributed by atoms with van der Waals surface area (Å²) in [4.78, 5) is 27.1. The van der Waals surface area contributed by atoms with Crippen molar-refractivity contribution in [2.24, 2.45) is 0 Å². The fraction of sp³-hybridized carbons (Fsp3) is 0.0526. The molecule has 0 saturated carbocycles. The molecule has 0 saturated heterocycles. The molecule has 0 fully saturated rings. The number of halogens is 1. The molecule has 0 aliphatic heterocycles. The van der Waals surface area contributed by atoms with Crippen molar-refractivity contribution in [1.29, 1.82) is 0 Å². The average molecular weight is 432 g/mol. The fourth-order valence-corrected chi connectivity index (χ4v) is 3.46. The molecular weight excluding hydrogens is 418 g/mol. The molecule has 1 amide bonds. The van der Waals surface area contributed by atoms with E-state index in [4.69, 9.17) is 11.6 Å². The summed E-state index contributed by atoms with van der Waals surface area (Å²) < 4.78 is 23.3. The van der Waals surface area contributed by atoms with E-state index in [2.05, 4.69) is 10.3 Å². The molecule has 2 aromatic carbocycles. The van der Waals surface area contributed by atoms with Crippen LogP contribution in [0.4, 0.5) is 11.4 Å². The van der Waals surface area contributed by atoms with E-state index in [1.54, 1.807) is 42.6 Å². The van der Waals surface area contributed by atoms with Crippen molar-refractivity contribution in [2.45, 2.75) is 4.90 Å². The Morgan fingerprint density at radius 2 is 1.90 bits per heavy atom. The van der Waals surface area contributed by atoms with Crippen LogP contribution in [0.2, 0.25) is 5.02 Å². The molecule has 3 rings (SSSR count). The van der Waals surface area contributed by atoms with Crippen LogP contribution in [-0.2, 0) is 9.84 Å². The zero-order chi connectivity index (χ0) is 21.2. The predicted molar refractivity (Wildman–Crippen MR) is 109 cm³/mol. The summed E-state index contributed by atoms with van der Waals surface area (Å²) in [5.74, 6) is -0.758. The number of aromatic nitrogens is 1. The van der Waals surface area contributed by atoms with Gasteiger partial charge in [-0.05, 0) is 42.5 Å². The summed E-state index contributed by atoms with van der Waals surface area (Å²) in [5, 5.41) is 14.3. The van der Waals surface area contributed by atoms with E-state index in [1.165, 1.54) is 0 Å². The van der Waals surface area contributed by atoms with Crippen molar-refractivity contribution in [1.82, 2.24) is 4.98 Å². The number of hydrogen-bond acceptors (Lipinski definition) is 6. The van der Waals surface area contributed by atoms with Gasteiger partial charge in [-0.1, -0.05) is 17.7 Å². The molecule has 1 aromatic heterocycles. The van der Waals surface area contributed by atoms with E-state index in [9.17, 15) is 23.3 Å². The average Bonchev–Trinajstić information content (AvgIpc) is 2.68. The molecule has 0 unspecified atom stereocenters. The van der Waals surface area contributed by atoms with E-state index in [-0.39, 0.29) is 10.5 Å². The number of nitrogens with one attached hydrogen (secondary N) is 1. The Morgan fingerprint density at radius 3 is 2.52 bits per heavy atom. The van der Waals surface area contributed by atoms with Crippen LogP contribution in [0.25, 0.3) is 11.3 Å². The maximum Gasteiger partial charge on any atom is 0.283 e. The highest BCUT2D eigenvalue weighted by Gasteiger charge is 2.23. The molecule has 0 bridgehead atoms. The lowest BCUT2D eigenvalue weighted by molar-refractivity contribution is -0.385. The number of anilines is 1. The number of rotatable bonds is 5. The molecular formula is C19H14ClN3O5S. The first-order chi connectivity index (χ1) is 13.7. The summed E-state index contributed by atoms with van der Waals surface area (Å²) >= 11 is 6.21. The molecule has 0 aliphatic carbocycles. The number of sulfone groups is 1. The third-order valence-electron chi connectivity index (χ3n) is 4.00. The number of nitrogens with zero attached hydrogens (tertiary/aromatic N) is 2. The Kier molecular flexibility index (Phi) is 5.62. The van der Waals surface area contributed by atoms with Gasteiger partial charge in [-0.2, -0.15) is 0 Å². The van der Waals surface area contributed by atoms with Crippen molar-refractivity contribution in [3.05, 3.63) is 81.5 Å². The molecule has 0 aliphatic rings. The van der Waals surface area contributed by atoms with Gasteiger partial charge in [0.2, 0.25) is 0 Å². The van der Waals surface area contributed by atoms with E-state index >= 15 is 0 Å². The second-order valence-corrected chi connectivity index (χ2v) is 8.49. The first-order valence-electron chi connectivity index (χ1n) is 8.17. The minimum atomic E-state index is -3.66. The third-order valence-corrected chi connectivity index (χ3v) is 5.44. The monoisotopic (exact) mass is 431 g/mol. The highest BCUT2D eigenvalue weighted by molar-refractivity contribution is 7.90. The van der Waals surface area contributed by atoms with Crippen LogP contribution in [0.15, 0.2) is 65.7 Å². The van der Waals surface area contributed by atoms with Gasteiger partial charge in [0.25, 0.3) is 11.6 Å². The molecule has 29 heavy (non-hydrogen) atoms. The van der Waals surface area contributed by atoms with Crippen molar-refractivity contribution < 1.29 is 18.1 Å². The predicted octanol–water partition coefficient (Wildman–Crippen LogP) is 3.97. The van der Waals surface area contributed by atoms with Gasteiger partial charge in [-0.3, -0.25) is 19.9 Å². The van der Waals surface area contributed by atoms with Gasteiger partial charge in [0, 0.05) is 29.8 Å². The van der Waals surface area contributed by atoms with Crippen LogP contribution in [0, 0.1) is 10.1 Å². The lowest BCUT2D eigenvalue weighted by Crippen LogP contribution is -2.14. The SMILES string of the molecule is CS(=O)(=O)c1ccc(C(=O)Nc2ccc(Cl)c(-c3ccccn3)c2)c([N+](=O)[O-])c1. The van der Waals surface area contributed by atoms with Gasteiger partial charge in [0.05, 0.1) is 20.5 Å². The first kappa shape index (κ1) is 20.4. The number of carbonyl (C=O) groups is 1. The van der Waals surface area contributed by atoms with E-state index in [0.29, 0.717) is 22.0 Å². The molecule has 148 valence electrons. The molecule has 3 aromatic rings. The van der Waals surface area contributed by atoms with E-state index in [1.807, 2.05) is 0 Å². The number of nitro groups is 1. The van der Waals surface area contributed by atoms with Crippen LogP contribution in [0.1, 0.15) is 10.4 Å². The van der Waals surface area contributed by atoms with Crippen LogP contribution in [0.5, 0.6) is 0 Å². The Morgan fingerprint density at radius 1 is 1.14 bits per heavy atom. The van der Waals surface area contributed by atoms with Crippen molar-refractivity contribution in [3.63, 3.8) is 0 Å². The number of hydrogen-bond donors (Lipinski definition) is 1. The summed E-state index contributed by atoms with van der Waals surface area (Å²) in [6.07, 6.45) is 2.53. The summed E-state index contributed by atoms with van der Waals surface area (Å²) in [7, 11) is -3.66. The molecule has 1 heterocycles. The second-order valence-electron chi connectivity index (χ2n) is 6.07. The minimum absolute atomic E-state index is 0.246. The van der Waals surface area contributed by atoms with Crippen LogP contribution >= 0.6 is 11.6 Å². The quantitative estimate of drug-likeness (QED) is 0.482. The van der Waals surface area contributed by atoms with Gasteiger partial charge in [0.15, 0.2) is 9.84 Å². The topological polar surface area (TPSA) is 119 Å². The number of pyridine rings is 1. The molecule has 10 heteroatoms. The van der Waals surface area contributed by atoms with Crippen LogP contribution < -0.4 is 5.32 Å². The van der Waals surface area contributed by atoms with Gasteiger partial charge >= 0.3 is 0 Å². The van der Waals surface area contributed by atoms with Crippen LogP contribution in [-0.4, -0.2) is 30.5 Å². The maximum atomic E-state index is 12.6. The Hall–Kier alpha value is -3.30. The van der Waals surface area contributed by atoms with Crippen molar-refractivity contribution in [3.8, 4) is 11.3 Å². The number of carbonyl (C=O) groups excluding carboxylic acids is 1. The fourth-order valence-electron chi connectivity index (χ4n) is 2.60. The third kappa shape index (κ3) is 4.58. The number of amides is 1. The highest BCUT2D eigenvalue weighted by Crippen LogP contribution is 2.30. The molecule has 0 radical (unpaired) electrons. The number of benzene rings is 2. The van der Waals surface area contributed by atoms with Crippen LogP contribution in [0.3, 0.4) is 0 Å². The summed E-state index contributed by atoms with van der Waals surface area (Å²) in [6, 6.07) is 13.1. The maximum absolute atomic E-state index is 12.6. The highest BCUT2D eigenvalue weighted by atomic mass is 35.5. The lowest BCUT2D eigenvalue weighted by Gasteiger charge is -2.10. The van der Waals surface area contributed by atoms with E-state index in [0.717, 1.165) is 24.5 Å². The zero-order valence-corrected chi connectivity index (χ0v) is 16.6. The summed E-state index contributed by atoms with van der Waals surface area (Å²) in [6.45, 7) is 0. The number of nitro benzene ring substituents is 1. The molecule has 0 spiro atoms. The first-order valence-corrected chi connectivity index (χ1v) is 10.4. The lowest BCUT2D eigenvalue weighted by atomic mass is 10.1. The molecule has 1 N–H and O–H groups in total. The Balaban J connectivity index is 1.96. The smallest absolute Gasteiger partial charge is 0.283 e. The van der Waals surface area contributed by atoms with Gasteiger partial charge in [0.1, 0.15) is 5.56 Å². The Bertz CT molecular complexity index is 1210. The minimum Gasteiger partial charge on any atom is -0.322 e. The normalized spacial score (nSPS) is 11.1. The Labute approximate surface area is 171 Å². The standard InChI is InChI=1S/C19H14ClN3O5S/c1-29(27,28)13-6-7-14(18(11-13)23(25)26)19(24)22-12-5-8-16(20)15(10-12)17-4-2-3-9-21-17/h2-11H,1H3,(H,22,24). The summed E-state index contributed by atoms with van der Waals surface area (Å²) in [5.41, 5.74) is 0.645. The zero-order valence-electron chi connectivity index (χ0n) is 15.0. The largest absolute Gasteiger partial charge is 0.322 e. The van der Waals surface area contributed by atoms with Crippen molar-refractivity contribution >= 4 is 38.7 Å². The second kappa shape index (κ2) is 7.98. The van der Waals surface area contributed by atoms with Gasteiger partial charge in [-0.15, -0.1) is 0 Å². The van der Waals surface area contributed by atoms with E-state index < -0.39 is 26.4 Å². The van der Waals surface area contributed by atoms with Gasteiger partial charge < -0.3 is 5.32 Å². The molecule has 0 atom stereocenters.